The smallest absolute Gasteiger partial charge is 0.116 e. The second-order valence-electron chi connectivity index (χ2n) is 5.31. The number of aromatic nitrogens is 2. The lowest BCUT2D eigenvalue weighted by Crippen LogP contribution is -2.19. The Hall–Kier alpha value is -1.18. The summed E-state index contributed by atoms with van der Waals surface area (Å²) in [7, 11) is 0. The molecule has 1 heterocycles. The monoisotopic (exact) mass is 202 g/mol. The van der Waals surface area contributed by atoms with E-state index in [-0.39, 0.29) is 5.41 Å². The maximum Gasteiger partial charge on any atom is 0.116 e. The summed E-state index contributed by atoms with van der Waals surface area (Å²) in [6.45, 7) is 8.82. The Morgan fingerprint density at radius 2 is 2.00 bits per heavy atom. The number of rotatable bonds is 0. The fourth-order valence-corrected chi connectivity index (χ4v) is 2.07. The van der Waals surface area contributed by atoms with Gasteiger partial charge in [0, 0.05) is 16.9 Å². The van der Waals surface area contributed by atoms with Gasteiger partial charge in [-0.3, -0.25) is 0 Å². The number of fused-ring (bicyclic) bond motifs is 1. The number of nitrogens with zero attached hydrogens (tertiary/aromatic N) is 2. The predicted molar refractivity (Wildman–Crippen MR) is 62.8 cm³/mol. The molecule has 0 saturated carbocycles. The third kappa shape index (κ3) is 1.81. The van der Waals surface area contributed by atoms with Crippen LogP contribution < -0.4 is 0 Å². The summed E-state index contributed by atoms with van der Waals surface area (Å²) in [5.41, 5.74) is 3.70. The van der Waals surface area contributed by atoms with Crippen LogP contribution >= 0.6 is 0 Å². The normalized spacial score (nSPS) is 20.1. The van der Waals surface area contributed by atoms with Gasteiger partial charge in [0.1, 0.15) is 6.33 Å². The standard InChI is InChI=1S/C13H18N2/c1-9-6-5-7-10-11(9)14-8-15-12(10)13(2,3)4/h5,7-9H,6H2,1-4H3. The molecule has 1 atom stereocenters. The fraction of sp³-hybridized carbons (Fsp3) is 0.538. The lowest BCUT2D eigenvalue weighted by molar-refractivity contribution is 0.559. The molecule has 2 rings (SSSR count). The molecule has 1 aromatic heterocycles. The first-order valence-corrected chi connectivity index (χ1v) is 5.52. The average molecular weight is 202 g/mol. The highest BCUT2D eigenvalue weighted by Crippen LogP contribution is 2.33. The highest BCUT2D eigenvalue weighted by atomic mass is 14.9. The van der Waals surface area contributed by atoms with Gasteiger partial charge in [-0.2, -0.15) is 0 Å². The number of allylic oxidation sites excluding steroid dienone is 1. The third-order valence-corrected chi connectivity index (χ3v) is 2.87. The highest BCUT2D eigenvalue weighted by Gasteiger charge is 2.24. The molecule has 0 spiro atoms. The second-order valence-corrected chi connectivity index (χ2v) is 5.31. The van der Waals surface area contributed by atoms with Gasteiger partial charge in [-0.25, -0.2) is 9.97 Å². The van der Waals surface area contributed by atoms with Crippen LogP contribution in [0.4, 0.5) is 0 Å². The predicted octanol–water partition coefficient (Wildman–Crippen LogP) is 3.29. The Kier molecular flexibility index (Phi) is 2.37. The van der Waals surface area contributed by atoms with Crippen LogP contribution in [0.15, 0.2) is 12.4 Å². The van der Waals surface area contributed by atoms with Gasteiger partial charge in [0.25, 0.3) is 0 Å². The first kappa shape index (κ1) is 10.3. The zero-order valence-electron chi connectivity index (χ0n) is 9.91. The van der Waals surface area contributed by atoms with E-state index in [0.717, 1.165) is 12.1 Å². The molecular weight excluding hydrogens is 184 g/mol. The summed E-state index contributed by atoms with van der Waals surface area (Å²) in [6, 6.07) is 0. The zero-order chi connectivity index (χ0) is 11.1. The van der Waals surface area contributed by atoms with E-state index < -0.39 is 0 Å². The van der Waals surface area contributed by atoms with E-state index >= 15 is 0 Å². The maximum atomic E-state index is 4.44. The minimum atomic E-state index is 0.0917. The van der Waals surface area contributed by atoms with Crippen LogP contribution in [-0.2, 0) is 5.41 Å². The van der Waals surface area contributed by atoms with E-state index in [0.29, 0.717) is 5.92 Å². The molecule has 1 aromatic rings. The molecule has 0 bridgehead atoms. The van der Waals surface area contributed by atoms with E-state index in [4.69, 9.17) is 0 Å². The van der Waals surface area contributed by atoms with E-state index in [1.54, 1.807) is 6.33 Å². The summed E-state index contributed by atoms with van der Waals surface area (Å²) in [5.74, 6) is 0.522. The number of hydrogen-bond acceptors (Lipinski definition) is 2. The summed E-state index contributed by atoms with van der Waals surface area (Å²) in [5, 5.41) is 0. The van der Waals surface area contributed by atoms with Gasteiger partial charge in [-0.15, -0.1) is 0 Å². The van der Waals surface area contributed by atoms with Crippen LogP contribution in [-0.4, -0.2) is 9.97 Å². The van der Waals surface area contributed by atoms with E-state index in [1.807, 2.05) is 0 Å². The van der Waals surface area contributed by atoms with Crippen LogP contribution in [0, 0.1) is 0 Å². The molecule has 0 radical (unpaired) electrons. The first-order valence-electron chi connectivity index (χ1n) is 5.52. The molecule has 0 fully saturated rings. The van der Waals surface area contributed by atoms with E-state index in [2.05, 4.69) is 49.8 Å². The van der Waals surface area contributed by atoms with Crippen molar-refractivity contribution in [3.05, 3.63) is 29.4 Å². The Morgan fingerprint density at radius 1 is 1.27 bits per heavy atom. The van der Waals surface area contributed by atoms with E-state index in [1.165, 1.54) is 11.3 Å². The topological polar surface area (TPSA) is 25.8 Å². The van der Waals surface area contributed by atoms with Crippen molar-refractivity contribution >= 4 is 6.08 Å². The van der Waals surface area contributed by atoms with Crippen LogP contribution in [0.5, 0.6) is 0 Å². The Bertz CT molecular complexity index is 399. The van der Waals surface area contributed by atoms with Crippen molar-refractivity contribution < 1.29 is 0 Å². The van der Waals surface area contributed by atoms with Gasteiger partial charge < -0.3 is 0 Å². The van der Waals surface area contributed by atoms with Crippen molar-refractivity contribution in [3.63, 3.8) is 0 Å². The van der Waals surface area contributed by atoms with Crippen LogP contribution in [0.1, 0.15) is 57.0 Å². The van der Waals surface area contributed by atoms with Gasteiger partial charge in [-0.05, 0) is 6.42 Å². The molecule has 80 valence electrons. The fourth-order valence-electron chi connectivity index (χ4n) is 2.07. The lowest BCUT2D eigenvalue weighted by Gasteiger charge is -2.25. The second kappa shape index (κ2) is 3.44. The van der Waals surface area contributed by atoms with Crippen LogP contribution in [0.25, 0.3) is 6.08 Å². The molecular formula is C13H18N2. The Morgan fingerprint density at radius 3 is 2.67 bits per heavy atom. The Balaban J connectivity index is 2.61. The highest BCUT2D eigenvalue weighted by molar-refractivity contribution is 5.59. The van der Waals surface area contributed by atoms with Crippen LogP contribution in [0.3, 0.4) is 0 Å². The largest absolute Gasteiger partial charge is 0.240 e. The Labute approximate surface area is 91.5 Å². The summed E-state index contributed by atoms with van der Waals surface area (Å²) < 4.78 is 0. The summed E-state index contributed by atoms with van der Waals surface area (Å²) in [6.07, 6.45) is 7.20. The third-order valence-electron chi connectivity index (χ3n) is 2.87. The van der Waals surface area contributed by atoms with Gasteiger partial charge in [0.2, 0.25) is 0 Å². The van der Waals surface area contributed by atoms with Crippen molar-refractivity contribution in [1.82, 2.24) is 9.97 Å². The first-order chi connectivity index (χ1) is 7.00. The molecule has 15 heavy (non-hydrogen) atoms. The molecule has 1 unspecified atom stereocenters. The molecule has 0 N–H and O–H groups in total. The maximum absolute atomic E-state index is 4.44. The van der Waals surface area contributed by atoms with E-state index in [9.17, 15) is 0 Å². The van der Waals surface area contributed by atoms with Gasteiger partial charge in [-0.1, -0.05) is 39.8 Å². The van der Waals surface area contributed by atoms with Gasteiger partial charge in [0.05, 0.1) is 11.4 Å². The molecule has 1 aliphatic carbocycles. The number of hydrogen-bond donors (Lipinski definition) is 0. The average Bonchev–Trinajstić information content (AvgIpc) is 2.16. The molecule has 2 heteroatoms. The molecule has 0 amide bonds. The van der Waals surface area contributed by atoms with Crippen molar-refractivity contribution in [3.8, 4) is 0 Å². The van der Waals surface area contributed by atoms with Crippen LogP contribution in [0.2, 0.25) is 0 Å². The zero-order valence-corrected chi connectivity index (χ0v) is 9.91. The van der Waals surface area contributed by atoms with Gasteiger partial charge >= 0.3 is 0 Å². The van der Waals surface area contributed by atoms with Crippen molar-refractivity contribution in [2.75, 3.05) is 0 Å². The SMILES string of the molecule is CC1CC=Cc2c1ncnc2C(C)(C)C. The molecule has 0 saturated heterocycles. The van der Waals surface area contributed by atoms with Crippen molar-refractivity contribution in [1.29, 1.82) is 0 Å². The molecule has 0 aliphatic heterocycles. The summed E-state index contributed by atoms with van der Waals surface area (Å²) in [4.78, 5) is 8.85. The minimum absolute atomic E-state index is 0.0917. The molecule has 2 nitrogen and oxygen atoms in total. The van der Waals surface area contributed by atoms with Crippen molar-refractivity contribution in [2.45, 2.75) is 45.4 Å². The lowest BCUT2D eigenvalue weighted by atomic mass is 9.83. The minimum Gasteiger partial charge on any atom is -0.240 e. The van der Waals surface area contributed by atoms with Crippen molar-refractivity contribution in [2.24, 2.45) is 0 Å². The molecule has 0 aromatic carbocycles. The van der Waals surface area contributed by atoms with Gasteiger partial charge in [0.15, 0.2) is 0 Å². The molecule has 1 aliphatic rings. The summed E-state index contributed by atoms with van der Waals surface area (Å²) >= 11 is 0. The quantitative estimate of drug-likeness (QED) is 0.645.